The van der Waals surface area contributed by atoms with Crippen LogP contribution in [-0.2, 0) is 4.79 Å². The standard InChI is InChI=1S/C15H10O5/c1-8(16)7-19-12-6-11-13(17)9-4-2-3-5-10(9)14(18)15(11)20-12/h2-6H,7H2,1H3. The highest BCUT2D eigenvalue weighted by molar-refractivity contribution is 6.27. The number of ketones is 3. The first-order chi connectivity index (χ1) is 9.58. The van der Waals surface area contributed by atoms with Crippen LogP contribution in [0.3, 0.4) is 0 Å². The summed E-state index contributed by atoms with van der Waals surface area (Å²) in [6.45, 7) is 1.21. The van der Waals surface area contributed by atoms with Crippen molar-refractivity contribution in [1.29, 1.82) is 0 Å². The van der Waals surface area contributed by atoms with E-state index in [9.17, 15) is 14.4 Å². The average molecular weight is 270 g/mol. The van der Waals surface area contributed by atoms with Gasteiger partial charge >= 0.3 is 0 Å². The predicted molar refractivity (Wildman–Crippen MR) is 68.2 cm³/mol. The van der Waals surface area contributed by atoms with Crippen LogP contribution in [0.5, 0.6) is 5.95 Å². The lowest BCUT2D eigenvalue weighted by atomic mass is 9.89. The number of hydrogen-bond donors (Lipinski definition) is 0. The molecule has 1 heterocycles. The number of furan rings is 1. The number of hydrogen-bond acceptors (Lipinski definition) is 5. The Hall–Kier alpha value is -2.69. The van der Waals surface area contributed by atoms with Gasteiger partial charge in [-0.2, -0.15) is 0 Å². The molecule has 1 aromatic carbocycles. The summed E-state index contributed by atoms with van der Waals surface area (Å²) in [5.41, 5.74) is 0.841. The van der Waals surface area contributed by atoms with Crippen molar-refractivity contribution >= 4 is 17.3 Å². The predicted octanol–water partition coefficient (Wildman–Crippen LogP) is 2.02. The van der Waals surface area contributed by atoms with Crippen LogP contribution >= 0.6 is 0 Å². The van der Waals surface area contributed by atoms with Gasteiger partial charge < -0.3 is 9.15 Å². The molecular weight excluding hydrogens is 260 g/mol. The van der Waals surface area contributed by atoms with Crippen molar-refractivity contribution in [2.24, 2.45) is 0 Å². The summed E-state index contributed by atoms with van der Waals surface area (Å²) >= 11 is 0. The number of Topliss-reactive ketones (excluding diaryl/α,β-unsaturated/α-hetero) is 1. The first-order valence-corrected chi connectivity index (χ1v) is 6.02. The van der Waals surface area contributed by atoms with E-state index in [1.54, 1.807) is 24.3 Å². The summed E-state index contributed by atoms with van der Waals surface area (Å²) in [6.07, 6.45) is 0. The molecule has 0 saturated carbocycles. The SMILES string of the molecule is CC(=O)COc1cc2c(o1)C(=O)c1ccccc1C2=O. The molecule has 2 aromatic rings. The Bertz CT molecular complexity index is 686. The van der Waals surface area contributed by atoms with Crippen LogP contribution in [0.2, 0.25) is 0 Å². The summed E-state index contributed by atoms with van der Waals surface area (Å²) < 4.78 is 10.3. The third-order valence-electron chi connectivity index (χ3n) is 2.99. The zero-order valence-electron chi connectivity index (χ0n) is 10.6. The van der Waals surface area contributed by atoms with Gasteiger partial charge in [0.25, 0.3) is 5.95 Å². The molecule has 0 amide bonds. The highest BCUT2D eigenvalue weighted by atomic mass is 16.6. The van der Waals surface area contributed by atoms with Crippen LogP contribution in [0.25, 0.3) is 0 Å². The maximum Gasteiger partial charge on any atom is 0.286 e. The number of benzene rings is 1. The number of carbonyl (C=O) groups is 3. The quantitative estimate of drug-likeness (QED) is 0.728. The Morgan fingerprint density at radius 1 is 1.10 bits per heavy atom. The molecule has 20 heavy (non-hydrogen) atoms. The van der Waals surface area contributed by atoms with Gasteiger partial charge in [0.15, 0.2) is 17.3 Å². The van der Waals surface area contributed by atoms with E-state index >= 15 is 0 Å². The van der Waals surface area contributed by atoms with E-state index in [2.05, 4.69) is 0 Å². The lowest BCUT2D eigenvalue weighted by Gasteiger charge is -2.11. The third-order valence-corrected chi connectivity index (χ3v) is 2.99. The molecule has 0 saturated heterocycles. The van der Waals surface area contributed by atoms with Gasteiger partial charge in [-0.15, -0.1) is 0 Å². The fourth-order valence-electron chi connectivity index (χ4n) is 2.10. The summed E-state index contributed by atoms with van der Waals surface area (Å²) in [5.74, 6) is -0.850. The van der Waals surface area contributed by atoms with Gasteiger partial charge in [-0.1, -0.05) is 24.3 Å². The molecule has 100 valence electrons. The van der Waals surface area contributed by atoms with Crippen LogP contribution in [-0.4, -0.2) is 24.0 Å². The molecule has 0 aliphatic heterocycles. The molecule has 0 atom stereocenters. The molecule has 1 aromatic heterocycles. The van der Waals surface area contributed by atoms with E-state index in [4.69, 9.17) is 9.15 Å². The molecule has 0 unspecified atom stereocenters. The third kappa shape index (κ3) is 1.84. The van der Waals surface area contributed by atoms with Crippen molar-refractivity contribution in [2.45, 2.75) is 6.92 Å². The molecule has 1 aliphatic rings. The maximum atomic E-state index is 12.3. The van der Waals surface area contributed by atoms with Gasteiger partial charge in [-0.3, -0.25) is 14.4 Å². The van der Waals surface area contributed by atoms with Gasteiger partial charge in [0.05, 0.1) is 5.56 Å². The van der Waals surface area contributed by atoms with Gasteiger partial charge in [0, 0.05) is 17.2 Å². The lowest BCUT2D eigenvalue weighted by Crippen LogP contribution is -2.18. The Labute approximate surface area is 114 Å². The van der Waals surface area contributed by atoms with E-state index in [1.165, 1.54) is 13.0 Å². The summed E-state index contributed by atoms with van der Waals surface area (Å²) in [5, 5.41) is 0. The average Bonchev–Trinajstić information content (AvgIpc) is 2.87. The maximum absolute atomic E-state index is 12.3. The zero-order chi connectivity index (χ0) is 14.3. The second kappa shape index (κ2) is 4.45. The Morgan fingerprint density at radius 3 is 2.40 bits per heavy atom. The van der Waals surface area contributed by atoms with E-state index in [-0.39, 0.29) is 41.2 Å². The van der Waals surface area contributed by atoms with Gasteiger partial charge in [0.1, 0.15) is 6.61 Å². The molecule has 0 bridgehead atoms. The Balaban J connectivity index is 2.03. The first kappa shape index (κ1) is 12.3. The van der Waals surface area contributed by atoms with E-state index in [0.717, 1.165) is 0 Å². The first-order valence-electron chi connectivity index (χ1n) is 6.02. The second-order valence-corrected chi connectivity index (χ2v) is 4.50. The van der Waals surface area contributed by atoms with E-state index < -0.39 is 0 Å². The lowest BCUT2D eigenvalue weighted by molar-refractivity contribution is -0.119. The summed E-state index contributed by atoms with van der Waals surface area (Å²) in [7, 11) is 0. The number of carbonyl (C=O) groups excluding carboxylic acids is 3. The fraction of sp³-hybridized carbons (Fsp3) is 0.133. The van der Waals surface area contributed by atoms with Crippen LogP contribution in [0.15, 0.2) is 34.7 Å². The molecule has 0 fully saturated rings. The molecular formula is C15H10O5. The monoisotopic (exact) mass is 270 g/mol. The molecule has 5 heteroatoms. The van der Waals surface area contributed by atoms with Crippen molar-refractivity contribution in [2.75, 3.05) is 6.61 Å². The van der Waals surface area contributed by atoms with Crippen molar-refractivity contribution in [3.8, 4) is 5.95 Å². The van der Waals surface area contributed by atoms with Gasteiger partial charge in [-0.05, 0) is 6.92 Å². The minimum absolute atomic E-state index is 0.000272. The number of fused-ring (bicyclic) bond motifs is 2. The zero-order valence-corrected chi connectivity index (χ0v) is 10.6. The van der Waals surface area contributed by atoms with Crippen molar-refractivity contribution in [3.05, 3.63) is 52.8 Å². The molecule has 0 spiro atoms. The summed E-state index contributed by atoms with van der Waals surface area (Å²) in [6, 6.07) is 7.92. The van der Waals surface area contributed by atoms with Crippen LogP contribution in [0.1, 0.15) is 39.0 Å². The number of rotatable bonds is 3. The van der Waals surface area contributed by atoms with Crippen LogP contribution in [0.4, 0.5) is 0 Å². The smallest absolute Gasteiger partial charge is 0.286 e. The van der Waals surface area contributed by atoms with Gasteiger partial charge in [-0.25, -0.2) is 0 Å². The van der Waals surface area contributed by atoms with Gasteiger partial charge in [0.2, 0.25) is 5.78 Å². The highest BCUT2D eigenvalue weighted by Crippen LogP contribution is 2.32. The van der Waals surface area contributed by atoms with E-state index in [1.807, 2.05) is 0 Å². The van der Waals surface area contributed by atoms with E-state index in [0.29, 0.717) is 11.1 Å². The molecule has 0 radical (unpaired) electrons. The largest absolute Gasteiger partial charge is 0.457 e. The van der Waals surface area contributed by atoms with Crippen molar-refractivity contribution in [1.82, 2.24) is 0 Å². The molecule has 3 rings (SSSR count). The minimum atomic E-state index is -0.354. The summed E-state index contributed by atoms with van der Waals surface area (Å²) in [4.78, 5) is 35.4. The number of ether oxygens (including phenoxy) is 1. The topological polar surface area (TPSA) is 73.6 Å². The molecule has 1 aliphatic carbocycles. The van der Waals surface area contributed by atoms with Crippen molar-refractivity contribution in [3.63, 3.8) is 0 Å². The van der Waals surface area contributed by atoms with Crippen LogP contribution in [0, 0.1) is 0 Å². The minimum Gasteiger partial charge on any atom is -0.457 e. The highest BCUT2D eigenvalue weighted by Gasteiger charge is 2.33. The van der Waals surface area contributed by atoms with Crippen LogP contribution < -0.4 is 4.74 Å². The molecule has 0 N–H and O–H groups in total. The fourth-order valence-corrected chi connectivity index (χ4v) is 2.10. The molecule has 5 nitrogen and oxygen atoms in total. The Kier molecular flexibility index (Phi) is 2.75. The van der Waals surface area contributed by atoms with Crippen molar-refractivity contribution < 1.29 is 23.5 Å². The normalized spacial score (nSPS) is 12.8. The second-order valence-electron chi connectivity index (χ2n) is 4.50. The Morgan fingerprint density at radius 2 is 1.75 bits per heavy atom.